The summed E-state index contributed by atoms with van der Waals surface area (Å²) in [6.45, 7) is 4.72. The fraction of sp³-hybridized carbons (Fsp3) is 0.375. The Morgan fingerprint density at radius 3 is 2.65 bits per heavy atom. The number of fused-ring (bicyclic) bond motifs is 3. The Morgan fingerprint density at radius 1 is 1.24 bits per heavy atom. The molecule has 3 aromatic heterocycles. The van der Waals surface area contributed by atoms with E-state index in [0.717, 1.165) is 18.2 Å². The van der Waals surface area contributed by atoms with Gasteiger partial charge in [0.05, 0.1) is 11.0 Å². The van der Waals surface area contributed by atoms with E-state index >= 15 is 0 Å². The standard InChI is InChI=1S/C24H26N6O3S/c1-15-5-3-4-6-19(15)34(32,33)24-20-21(18-8-12-26-22(18)28-24)30(23(27-20)16(2)31)29-13-9-17(7-11-25)10-14-29/h3-6,8,12,16-17,31H,7,9-10,13-14H2,1-2H3,(H,26,28)/t16-/m1/s1. The van der Waals surface area contributed by atoms with E-state index in [2.05, 4.69) is 26.0 Å². The third-order valence-corrected chi connectivity index (χ3v) is 8.37. The van der Waals surface area contributed by atoms with Crippen molar-refractivity contribution in [3.8, 4) is 6.07 Å². The summed E-state index contributed by atoms with van der Waals surface area (Å²) >= 11 is 0. The number of hydrogen-bond donors (Lipinski definition) is 2. The Balaban J connectivity index is 1.77. The van der Waals surface area contributed by atoms with Gasteiger partial charge in [0.1, 0.15) is 22.8 Å². The van der Waals surface area contributed by atoms with Crippen molar-refractivity contribution in [3.63, 3.8) is 0 Å². The number of H-pyrrole nitrogens is 1. The second-order valence-electron chi connectivity index (χ2n) is 8.84. The number of piperidine rings is 1. The molecule has 0 radical (unpaired) electrons. The molecule has 9 nitrogen and oxygen atoms in total. The van der Waals surface area contributed by atoms with E-state index in [4.69, 9.17) is 5.26 Å². The van der Waals surface area contributed by atoms with Gasteiger partial charge < -0.3 is 15.1 Å². The summed E-state index contributed by atoms with van der Waals surface area (Å²) < 4.78 is 29.4. The average molecular weight is 479 g/mol. The number of nitrogens with zero attached hydrogens (tertiary/aromatic N) is 5. The molecule has 4 heterocycles. The summed E-state index contributed by atoms with van der Waals surface area (Å²) in [5.74, 6) is 0.697. The number of aromatic amines is 1. The molecule has 10 heteroatoms. The van der Waals surface area contributed by atoms with Crippen molar-refractivity contribution in [1.82, 2.24) is 19.6 Å². The van der Waals surface area contributed by atoms with Crippen LogP contribution < -0.4 is 5.01 Å². The normalized spacial score (nSPS) is 16.2. The molecular formula is C24H26N6O3S. The van der Waals surface area contributed by atoms with Crippen molar-refractivity contribution < 1.29 is 13.5 Å². The molecule has 0 unspecified atom stereocenters. The van der Waals surface area contributed by atoms with Crippen LogP contribution in [0.3, 0.4) is 0 Å². The van der Waals surface area contributed by atoms with Crippen LogP contribution in [-0.4, -0.2) is 46.2 Å². The van der Waals surface area contributed by atoms with Crippen LogP contribution in [0.5, 0.6) is 0 Å². The molecule has 0 spiro atoms. The van der Waals surface area contributed by atoms with E-state index in [-0.39, 0.29) is 15.4 Å². The van der Waals surface area contributed by atoms with Crippen LogP contribution in [-0.2, 0) is 9.84 Å². The Hall–Kier alpha value is -3.42. The largest absolute Gasteiger partial charge is 0.385 e. The van der Waals surface area contributed by atoms with E-state index in [1.807, 2.05) is 10.7 Å². The lowest BCUT2D eigenvalue weighted by molar-refractivity contribution is 0.182. The third-order valence-electron chi connectivity index (χ3n) is 6.54. The van der Waals surface area contributed by atoms with Gasteiger partial charge >= 0.3 is 0 Å². The van der Waals surface area contributed by atoms with Crippen LogP contribution in [0.2, 0.25) is 0 Å². The van der Waals surface area contributed by atoms with Crippen molar-refractivity contribution in [1.29, 1.82) is 5.26 Å². The van der Waals surface area contributed by atoms with Gasteiger partial charge in [0.15, 0.2) is 10.9 Å². The number of nitriles is 1. The topological polar surface area (TPSA) is 128 Å². The van der Waals surface area contributed by atoms with E-state index in [1.54, 1.807) is 44.3 Å². The molecule has 0 amide bonds. The number of imidazole rings is 1. The van der Waals surface area contributed by atoms with Gasteiger partial charge in [-0.15, -0.1) is 0 Å². The zero-order chi connectivity index (χ0) is 24.0. The first-order chi connectivity index (χ1) is 16.3. The quantitative estimate of drug-likeness (QED) is 0.450. The number of pyridine rings is 1. The lowest BCUT2D eigenvalue weighted by atomic mass is 9.95. The number of aliphatic hydroxyl groups excluding tert-OH is 1. The Morgan fingerprint density at radius 2 is 1.97 bits per heavy atom. The maximum absolute atomic E-state index is 13.8. The van der Waals surface area contributed by atoms with Gasteiger partial charge in [-0.25, -0.2) is 23.1 Å². The van der Waals surface area contributed by atoms with Crippen LogP contribution in [0.4, 0.5) is 0 Å². The van der Waals surface area contributed by atoms with Gasteiger partial charge in [-0.3, -0.25) is 0 Å². The summed E-state index contributed by atoms with van der Waals surface area (Å²) in [6.07, 6.45) is 2.99. The first-order valence-electron chi connectivity index (χ1n) is 11.3. The summed E-state index contributed by atoms with van der Waals surface area (Å²) in [5, 5.41) is 22.4. The first kappa shape index (κ1) is 22.4. The van der Waals surface area contributed by atoms with Crippen molar-refractivity contribution in [2.75, 3.05) is 18.1 Å². The minimum absolute atomic E-state index is 0.133. The fourth-order valence-corrected chi connectivity index (χ4v) is 6.34. The molecule has 0 bridgehead atoms. The molecule has 1 atom stereocenters. The van der Waals surface area contributed by atoms with Gasteiger partial charge in [-0.05, 0) is 50.3 Å². The Bertz CT molecular complexity index is 1520. The SMILES string of the molecule is Cc1ccccc1S(=O)(=O)c1nc2[nH]ccc2c2c1nc([C@@H](C)O)n2N1CCC(CC#N)CC1. The van der Waals surface area contributed by atoms with Crippen LogP contribution in [0.25, 0.3) is 22.1 Å². The predicted molar refractivity (Wildman–Crippen MR) is 128 cm³/mol. The molecule has 1 aliphatic rings. The van der Waals surface area contributed by atoms with Crippen LogP contribution in [0.15, 0.2) is 46.5 Å². The smallest absolute Gasteiger partial charge is 0.226 e. The third kappa shape index (κ3) is 3.52. The monoisotopic (exact) mass is 478 g/mol. The van der Waals surface area contributed by atoms with Gasteiger partial charge in [0, 0.05) is 31.1 Å². The van der Waals surface area contributed by atoms with E-state index in [1.165, 1.54) is 0 Å². The maximum atomic E-state index is 13.8. The number of rotatable bonds is 5. The van der Waals surface area contributed by atoms with Crippen molar-refractivity contribution in [2.24, 2.45) is 5.92 Å². The molecule has 2 N–H and O–H groups in total. The molecule has 1 fully saturated rings. The molecule has 4 aromatic rings. The zero-order valence-electron chi connectivity index (χ0n) is 19.1. The number of aromatic nitrogens is 4. The molecule has 5 rings (SSSR count). The molecule has 0 aliphatic carbocycles. The first-order valence-corrected chi connectivity index (χ1v) is 12.8. The van der Waals surface area contributed by atoms with Crippen molar-refractivity contribution in [3.05, 3.63) is 47.9 Å². The van der Waals surface area contributed by atoms with Crippen LogP contribution in [0.1, 0.15) is 43.7 Å². The lowest BCUT2D eigenvalue weighted by Crippen LogP contribution is -2.42. The van der Waals surface area contributed by atoms with Gasteiger partial charge in [0.2, 0.25) is 9.84 Å². The Labute approximate surface area is 197 Å². The van der Waals surface area contributed by atoms with E-state index < -0.39 is 15.9 Å². The minimum Gasteiger partial charge on any atom is -0.385 e. The molecule has 34 heavy (non-hydrogen) atoms. The number of nitrogens with one attached hydrogen (secondary N) is 1. The average Bonchev–Trinajstić information content (AvgIpc) is 3.44. The highest BCUT2D eigenvalue weighted by Crippen LogP contribution is 2.35. The van der Waals surface area contributed by atoms with Crippen molar-refractivity contribution >= 4 is 31.9 Å². The van der Waals surface area contributed by atoms with E-state index in [9.17, 15) is 13.5 Å². The number of sulfone groups is 1. The molecule has 1 aliphatic heterocycles. The van der Waals surface area contributed by atoms with Gasteiger partial charge in [0.25, 0.3) is 0 Å². The fourth-order valence-electron chi connectivity index (χ4n) is 4.78. The molecule has 176 valence electrons. The lowest BCUT2D eigenvalue weighted by Gasteiger charge is -2.35. The second-order valence-corrected chi connectivity index (χ2v) is 10.7. The van der Waals surface area contributed by atoms with E-state index in [0.29, 0.717) is 48.0 Å². The number of aliphatic hydroxyl groups is 1. The summed E-state index contributed by atoms with van der Waals surface area (Å²) in [7, 11) is -3.98. The number of aryl methyl sites for hydroxylation is 1. The Kier molecular flexibility index (Phi) is 5.54. The molecule has 1 aromatic carbocycles. The zero-order valence-corrected chi connectivity index (χ0v) is 19.9. The van der Waals surface area contributed by atoms with Crippen LogP contribution >= 0.6 is 0 Å². The summed E-state index contributed by atoms with van der Waals surface area (Å²) in [4.78, 5) is 12.4. The van der Waals surface area contributed by atoms with Gasteiger partial charge in [-0.1, -0.05) is 18.2 Å². The second kappa shape index (κ2) is 8.42. The predicted octanol–water partition coefficient (Wildman–Crippen LogP) is 3.37. The highest BCUT2D eigenvalue weighted by molar-refractivity contribution is 7.91. The molecule has 1 saturated heterocycles. The summed E-state index contributed by atoms with van der Waals surface area (Å²) in [5.41, 5.74) is 1.91. The highest BCUT2D eigenvalue weighted by atomic mass is 32.2. The molecule has 0 saturated carbocycles. The van der Waals surface area contributed by atoms with Crippen molar-refractivity contribution in [2.45, 2.75) is 49.1 Å². The minimum atomic E-state index is -3.98. The number of benzene rings is 1. The summed E-state index contributed by atoms with van der Waals surface area (Å²) in [6, 6.07) is 10.9. The van der Waals surface area contributed by atoms with Gasteiger partial charge in [-0.2, -0.15) is 5.26 Å². The van der Waals surface area contributed by atoms with Crippen LogP contribution in [0, 0.1) is 24.2 Å². The maximum Gasteiger partial charge on any atom is 0.226 e. The highest BCUT2D eigenvalue weighted by Gasteiger charge is 2.32. The molecular weight excluding hydrogens is 452 g/mol. The number of hydrogen-bond acceptors (Lipinski definition) is 7.